The van der Waals surface area contributed by atoms with Crippen molar-refractivity contribution >= 4 is 57.8 Å². The summed E-state index contributed by atoms with van der Waals surface area (Å²) in [5.74, 6) is -0.0881. The van der Waals surface area contributed by atoms with Crippen LogP contribution in [0, 0.1) is 18.3 Å². The van der Waals surface area contributed by atoms with Crippen molar-refractivity contribution < 1.29 is 14.7 Å². The predicted octanol–water partition coefficient (Wildman–Crippen LogP) is 6.56. The first-order valence-corrected chi connectivity index (χ1v) is 17.7. The summed E-state index contributed by atoms with van der Waals surface area (Å²) < 4.78 is 2.26. The van der Waals surface area contributed by atoms with E-state index in [1.54, 1.807) is 16.4 Å². The molecule has 0 atom stereocenters. The fourth-order valence-electron chi connectivity index (χ4n) is 6.16. The number of aliphatic carboxylic acids is 1. The van der Waals surface area contributed by atoms with Crippen LogP contribution in [0.2, 0.25) is 0 Å². The first kappa shape index (κ1) is 35.2. The normalized spacial score (nSPS) is 16.0. The number of aromatic nitrogens is 1. The summed E-state index contributed by atoms with van der Waals surface area (Å²) in [5.41, 5.74) is 2.33. The van der Waals surface area contributed by atoms with E-state index in [9.17, 15) is 19.6 Å². The minimum atomic E-state index is -0.730. The molecule has 46 heavy (non-hydrogen) atoms. The zero-order chi connectivity index (χ0) is 33.1. The van der Waals surface area contributed by atoms with Gasteiger partial charge in [0.15, 0.2) is 0 Å². The molecule has 9 nitrogen and oxygen atoms in total. The lowest BCUT2D eigenvalue weighted by Gasteiger charge is -2.39. The van der Waals surface area contributed by atoms with E-state index >= 15 is 0 Å². The number of carbonyl (C=O) groups is 2. The van der Waals surface area contributed by atoms with Crippen LogP contribution in [0.15, 0.2) is 40.0 Å². The Morgan fingerprint density at radius 3 is 2.17 bits per heavy atom. The standard InChI is InChI=1S/C35H45N5O4S2/c1-3-18-39-32(38-22-20-37(21-23-38)27-15-11-10-12-16-27)28(26(2)29(25-36)33(39)43)24-30-34(44)40(35(45)46-30)19-14-9-7-5-4-6-8-13-17-31(41)42/h10-12,15-16,24H,3-9,13-14,17-23H2,1-2H3,(H,41,42)/b30-24-. The van der Waals surface area contributed by atoms with Crippen molar-refractivity contribution in [1.29, 1.82) is 5.26 Å². The maximum absolute atomic E-state index is 13.6. The van der Waals surface area contributed by atoms with Gasteiger partial charge in [0.05, 0.1) is 4.91 Å². The van der Waals surface area contributed by atoms with Gasteiger partial charge in [-0.1, -0.05) is 87.6 Å². The minimum Gasteiger partial charge on any atom is -0.481 e. The van der Waals surface area contributed by atoms with E-state index in [1.165, 1.54) is 17.4 Å². The lowest BCUT2D eigenvalue weighted by atomic mass is 10.0. The number of pyridine rings is 1. The fraction of sp³-hybridized carbons (Fsp3) is 0.514. The number of thiocarbonyl (C=S) groups is 1. The van der Waals surface area contributed by atoms with Crippen LogP contribution in [0.4, 0.5) is 11.5 Å². The first-order valence-electron chi connectivity index (χ1n) is 16.5. The summed E-state index contributed by atoms with van der Waals surface area (Å²) in [5, 5.41) is 18.7. The summed E-state index contributed by atoms with van der Waals surface area (Å²) in [6, 6.07) is 12.4. The number of hydrogen-bond donors (Lipinski definition) is 1. The zero-order valence-electron chi connectivity index (χ0n) is 27.0. The SMILES string of the molecule is CCCn1c(N2CCN(c3ccccc3)CC2)c(/C=C2\SC(=S)N(CCCCCCCCCCC(=O)O)C2=O)c(C)c(C#N)c1=O. The minimum absolute atomic E-state index is 0.115. The van der Waals surface area contributed by atoms with Crippen LogP contribution in [0.3, 0.4) is 0 Å². The molecule has 3 heterocycles. The molecular formula is C35H45N5O4S2. The van der Waals surface area contributed by atoms with E-state index in [2.05, 4.69) is 28.0 Å². The summed E-state index contributed by atoms with van der Waals surface area (Å²) >= 11 is 6.93. The second-order valence-corrected chi connectivity index (χ2v) is 13.6. The van der Waals surface area contributed by atoms with Gasteiger partial charge < -0.3 is 14.9 Å². The Morgan fingerprint density at radius 1 is 0.957 bits per heavy atom. The third-order valence-electron chi connectivity index (χ3n) is 8.67. The Bertz CT molecular complexity index is 1520. The van der Waals surface area contributed by atoms with Crippen molar-refractivity contribution in [2.45, 2.75) is 84.6 Å². The van der Waals surface area contributed by atoms with E-state index in [1.807, 2.05) is 31.2 Å². The van der Waals surface area contributed by atoms with Gasteiger partial charge in [0.25, 0.3) is 11.5 Å². The largest absolute Gasteiger partial charge is 0.481 e. The number of hydrogen-bond acceptors (Lipinski definition) is 8. The highest BCUT2D eigenvalue weighted by Crippen LogP contribution is 2.36. The van der Waals surface area contributed by atoms with Gasteiger partial charge in [-0.05, 0) is 50.0 Å². The monoisotopic (exact) mass is 663 g/mol. The summed E-state index contributed by atoms with van der Waals surface area (Å²) in [4.78, 5) is 44.6. The van der Waals surface area contributed by atoms with Crippen molar-refractivity contribution in [3.05, 3.63) is 62.3 Å². The van der Waals surface area contributed by atoms with Crippen LogP contribution in [-0.4, -0.2) is 63.5 Å². The third-order valence-corrected chi connectivity index (χ3v) is 10.0. The van der Waals surface area contributed by atoms with Gasteiger partial charge in [0, 0.05) is 56.9 Å². The maximum atomic E-state index is 13.6. The van der Waals surface area contributed by atoms with Crippen LogP contribution in [0.25, 0.3) is 6.08 Å². The lowest BCUT2D eigenvalue weighted by molar-refractivity contribution is -0.137. The number of carboxylic acid groups (broad SMARTS) is 1. The topological polar surface area (TPSA) is 110 Å². The van der Waals surface area contributed by atoms with Gasteiger partial charge in [-0.3, -0.25) is 23.9 Å². The number of carbonyl (C=O) groups excluding carboxylic acids is 1. The third kappa shape index (κ3) is 8.80. The van der Waals surface area contributed by atoms with E-state index < -0.39 is 5.97 Å². The number of thioether (sulfide) groups is 1. The molecule has 4 rings (SSSR count). The Balaban J connectivity index is 1.48. The summed E-state index contributed by atoms with van der Waals surface area (Å²) in [7, 11) is 0. The molecule has 246 valence electrons. The number of para-hydroxylation sites is 1. The van der Waals surface area contributed by atoms with Crippen molar-refractivity contribution in [3.63, 3.8) is 0 Å². The number of carboxylic acids is 1. The van der Waals surface area contributed by atoms with Crippen LogP contribution in [0.5, 0.6) is 0 Å². The molecule has 11 heteroatoms. The number of piperazine rings is 1. The number of unbranched alkanes of at least 4 members (excludes halogenated alkanes) is 7. The highest BCUT2D eigenvalue weighted by Gasteiger charge is 2.33. The molecule has 0 unspecified atom stereocenters. The van der Waals surface area contributed by atoms with Gasteiger partial charge in [-0.15, -0.1) is 0 Å². The smallest absolute Gasteiger partial charge is 0.303 e. The quantitative estimate of drug-likeness (QED) is 0.121. The van der Waals surface area contributed by atoms with Gasteiger partial charge >= 0.3 is 5.97 Å². The van der Waals surface area contributed by atoms with Crippen LogP contribution in [0.1, 0.15) is 87.8 Å². The van der Waals surface area contributed by atoms with E-state index in [4.69, 9.17) is 17.3 Å². The van der Waals surface area contributed by atoms with E-state index in [0.717, 1.165) is 82.3 Å². The van der Waals surface area contributed by atoms with Gasteiger partial charge in [0.2, 0.25) is 0 Å². The van der Waals surface area contributed by atoms with E-state index in [-0.39, 0.29) is 23.5 Å². The summed E-state index contributed by atoms with van der Waals surface area (Å²) in [6.07, 6.45) is 10.7. The van der Waals surface area contributed by atoms with Crippen LogP contribution in [-0.2, 0) is 16.1 Å². The van der Waals surface area contributed by atoms with Crippen molar-refractivity contribution in [2.24, 2.45) is 0 Å². The Kier molecular flexibility index (Phi) is 13.3. The molecule has 0 bridgehead atoms. The maximum Gasteiger partial charge on any atom is 0.303 e. The Morgan fingerprint density at radius 2 is 1.57 bits per heavy atom. The lowest BCUT2D eigenvalue weighted by Crippen LogP contribution is -2.48. The first-order chi connectivity index (χ1) is 22.3. The number of nitrogens with zero attached hydrogens (tertiary/aromatic N) is 5. The van der Waals surface area contributed by atoms with Crippen molar-refractivity contribution in [1.82, 2.24) is 9.47 Å². The second kappa shape index (κ2) is 17.3. The molecule has 1 N–H and O–H groups in total. The van der Waals surface area contributed by atoms with Crippen molar-refractivity contribution in [2.75, 3.05) is 42.5 Å². The second-order valence-electron chi connectivity index (χ2n) is 11.9. The number of amides is 1. The van der Waals surface area contributed by atoms with E-state index in [0.29, 0.717) is 41.0 Å². The van der Waals surface area contributed by atoms with Gasteiger partial charge in [-0.25, -0.2) is 0 Å². The molecule has 0 aliphatic carbocycles. The molecule has 0 radical (unpaired) electrons. The molecule has 2 aromatic rings. The average molecular weight is 664 g/mol. The average Bonchev–Trinajstić information content (AvgIpc) is 3.32. The molecular weight excluding hydrogens is 619 g/mol. The molecule has 2 aliphatic heterocycles. The van der Waals surface area contributed by atoms with Gasteiger partial charge in [-0.2, -0.15) is 5.26 Å². The predicted molar refractivity (Wildman–Crippen MR) is 190 cm³/mol. The molecule has 0 spiro atoms. The van der Waals surface area contributed by atoms with Crippen molar-refractivity contribution in [3.8, 4) is 6.07 Å². The Labute approximate surface area is 281 Å². The van der Waals surface area contributed by atoms with Gasteiger partial charge in [0.1, 0.15) is 21.8 Å². The molecule has 1 aromatic heterocycles. The Hall–Kier alpha value is -3.62. The number of benzene rings is 1. The molecule has 2 aliphatic rings. The molecule has 2 saturated heterocycles. The number of nitriles is 1. The van der Waals surface area contributed by atoms with Crippen LogP contribution >= 0.6 is 24.0 Å². The zero-order valence-corrected chi connectivity index (χ0v) is 28.6. The highest BCUT2D eigenvalue weighted by atomic mass is 32.2. The molecule has 0 saturated carbocycles. The molecule has 1 aromatic carbocycles. The highest BCUT2D eigenvalue weighted by molar-refractivity contribution is 8.26. The molecule has 2 fully saturated rings. The van der Waals surface area contributed by atoms with Crippen LogP contribution < -0.4 is 15.4 Å². The fourth-order valence-corrected chi connectivity index (χ4v) is 7.45. The summed E-state index contributed by atoms with van der Waals surface area (Å²) in [6.45, 7) is 7.84. The number of rotatable bonds is 16. The number of anilines is 2. The molecule has 1 amide bonds.